The lowest BCUT2D eigenvalue weighted by atomic mass is 10.0. The number of benzene rings is 1. The fraction of sp³-hybridized carbons (Fsp3) is 0.417. The molecule has 6 heteroatoms. The number of aromatic nitrogens is 4. The molecular formula is C12H14N4O2. The molecule has 0 fully saturated rings. The summed E-state index contributed by atoms with van der Waals surface area (Å²) in [5.41, 5.74) is 2.02. The number of aryl methyl sites for hydroxylation is 1. The minimum absolute atomic E-state index is 0.369. The van der Waals surface area contributed by atoms with Crippen LogP contribution in [0.3, 0.4) is 0 Å². The molecule has 1 aromatic carbocycles. The third kappa shape index (κ3) is 2.06. The van der Waals surface area contributed by atoms with E-state index in [9.17, 15) is 5.11 Å². The maximum absolute atomic E-state index is 10.2. The van der Waals surface area contributed by atoms with Crippen LogP contribution in [-0.2, 0) is 19.9 Å². The lowest BCUT2D eigenvalue weighted by Crippen LogP contribution is -2.04. The molecule has 18 heavy (non-hydrogen) atoms. The van der Waals surface area contributed by atoms with Gasteiger partial charge < -0.3 is 9.84 Å². The molecule has 1 unspecified atom stereocenters. The Morgan fingerprint density at radius 2 is 2.39 bits per heavy atom. The Labute approximate surface area is 104 Å². The van der Waals surface area contributed by atoms with E-state index in [2.05, 4.69) is 15.4 Å². The van der Waals surface area contributed by atoms with Gasteiger partial charge in [0, 0.05) is 12.8 Å². The summed E-state index contributed by atoms with van der Waals surface area (Å²) in [5.74, 6) is 1.46. The molecule has 0 spiro atoms. The number of fused-ring (bicyclic) bond motifs is 1. The maximum Gasteiger partial charge on any atom is 0.177 e. The highest BCUT2D eigenvalue weighted by atomic mass is 16.5. The number of aliphatic hydroxyl groups excluding tert-OH is 1. The summed E-state index contributed by atoms with van der Waals surface area (Å²) in [4.78, 5) is 1.39. The number of tetrazole rings is 1. The Morgan fingerprint density at radius 3 is 3.17 bits per heavy atom. The van der Waals surface area contributed by atoms with Crippen LogP contribution in [-0.4, -0.2) is 31.9 Å². The second-order valence-corrected chi connectivity index (χ2v) is 4.38. The molecule has 0 bridgehead atoms. The summed E-state index contributed by atoms with van der Waals surface area (Å²) in [7, 11) is 1.70. The van der Waals surface area contributed by atoms with Crippen molar-refractivity contribution in [2.24, 2.45) is 7.05 Å². The van der Waals surface area contributed by atoms with E-state index in [-0.39, 0.29) is 0 Å². The van der Waals surface area contributed by atoms with Gasteiger partial charge >= 0.3 is 0 Å². The van der Waals surface area contributed by atoms with Gasteiger partial charge in [-0.1, -0.05) is 6.07 Å². The van der Waals surface area contributed by atoms with Crippen LogP contribution in [0, 0.1) is 0 Å². The van der Waals surface area contributed by atoms with Crippen LogP contribution < -0.4 is 4.74 Å². The van der Waals surface area contributed by atoms with Gasteiger partial charge in [-0.3, -0.25) is 0 Å². The first-order chi connectivity index (χ1) is 8.72. The molecule has 2 heterocycles. The van der Waals surface area contributed by atoms with Gasteiger partial charge in [-0.25, -0.2) is 0 Å². The third-order valence-electron chi connectivity index (χ3n) is 3.02. The molecule has 94 valence electrons. The Morgan fingerprint density at radius 1 is 1.50 bits per heavy atom. The zero-order valence-electron chi connectivity index (χ0n) is 10.1. The van der Waals surface area contributed by atoms with Gasteiger partial charge in [-0.15, -0.1) is 10.2 Å². The predicted molar refractivity (Wildman–Crippen MR) is 63.1 cm³/mol. The molecular weight excluding hydrogens is 232 g/mol. The van der Waals surface area contributed by atoms with Crippen LogP contribution in [0.15, 0.2) is 18.2 Å². The van der Waals surface area contributed by atoms with Crippen molar-refractivity contribution in [3.8, 4) is 5.75 Å². The van der Waals surface area contributed by atoms with Crippen LogP contribution in [0.5, 0.6) is 5.75 Å². The molecule has 0 saturated carbocycles. The number of hydrogen-bond donors (Lipinski definition) is 1. The lowest BCUT2D eigenvalue weighted by Gasteiger charge is -2.09. The first-order valence-corrected chi connectivity index (χ1v) is 5.89. The number of aliphatic hydroxyl groups is 1. The molecule has 1 atom stereocenters. The van der Waals surface area contributed by atoms with Crippen LogP contribution >= 0.6 is 0 Å². The van der Waals surface area contributed by atoms with Crippen molar-refractivity contribution in [3.05, 3.63) is 35.2 Å². The van der Waals surface area contributed by atoms with Gasteiger partial charge in [0.1, 0.15) is 5.75 Å². The number of ether oxygens (including phenoxy) is 1. The summed E-state index contributed by atoms with van der Waals surface area (Å²) in [6.07, 6.45) is 0.660. The second-order valence-electron chi connectivity index (χ2n) is 4.38. The van der Waals surface area contributed by atoms with Crippen LogP contribution in [0.2, 0.25) is 0 Å². The quantitative estimate of drug-likeness (QED) is 0.849. The minimum atomic E-state index is -0.611. The third-order valence-corrected chi connectivity index (χ3v) is 3.02. The fourth-order valence-corrected chi connectivity index (χ4v) is 2.11. The number of rotatable bonds is 3. The molecule has 0 saturated heterocycles. The molecule has 1 aliphatic rings. The fourth-order valence-electron chi connectivity index (χ4n) is 2.11. The smallest absolute Gasteiger partial charge is 0.177 e. The minimum Gasteiger partial charge on any atom is -0.493 e. The van der Waals surface area contributed by atoms with E-state index < -0.39 is 6.10 Å². The normalized spacial score (nSPS) is 15.2. The first kappa shape index (κ1) is 11.2. The summed E-state index contributed by atoms with van der Waals surface area (Å²) in [6, 6.07) is 5.78. The van der Waals surface area contributed by atoms with Gasteiger partial charge in [-0.2, -0.15) is 4.80 Å². The first-order valence-electron chi connectivity index (χ1n) is 5.89. The van der Waals surface area contributed by atoms with Crippen LogP contribution in [0.25, 0.3) is 0 Å². The maximum atomic E-state index is 10.2. The van der Waals surface area contributed by atoms with E-state index in [1.165, 1.54) is 4.80 Å². The van der Waals surface area contributed by atoms with E-state index in [1.54, 1.807) is 7.05 Å². The monoisotopic (exact) mass is 246 g/mol. The van der Waals surface area contributed by atoms with Crippen molar-refractivity contribution >= 4 is 0 Å². The molecule has 3 rings (SSSR count). The molecule has 0 radical (unpaired) electrons. The van der Waals surface area contributed by atoms with Crippen molar-refractivity contribution < 1.29 is 9.84 Å². The van der Waals surface area contributed by atoms with E-state index in [0.29, 0.717) is 12.2 Å². The summed E-state index contributed by atoms with van der Waals surface area (Å²) in [5, 5.41) is 21.8. The zero-order chi connectivity index (χ0) is 12.5. The van der Waals surface area contributed by atoms with E-state index in [0.717, 1.165) is 29.9 Å². The van der Waals surface area contributed by atoms with Gasteiger partial charge in [0.15, 0.2) is 5.82 Å². The van der Waals surface area contributed by atoms with Gasteiger partial charge in [0.25, 0.3) is 0 Å². The standard InChI is InChI=1S/C12H14N4O2/c1-16-14-12(13-15-16)7-10(17)8-2-3-11-9(6-8)4-5-18-11/h2-3,6,10,17H,4-5,7H2,1H3. The lowest BCUT2D eigenvalue weighted by molar-refractivity contribution is 0.175. The molecule has 1 N–H and O–H groups in total. The van der Waals surface area contributed by atoms with E-state index >= 15 is 0 Å². The SMILES string of the molecule is Cn1nnc(CC(O)c2ccc3c(c2)CCO3)n1. The summed E-state index contributed by atoms with van der Waals surface area (Å²) in [6.45, 7) is 0.723. The Hall–Kier alpha value is -1.95. The van der Waals surface area contributed by atoms with E-state index in [1.807, 2.05) is 18.2 Å². The predicted octanol–water partition coefficient (Wildman–Crippen LogP) is 0.421. The van der Waals surface area contributed by atoms with Crippen LogP contribution in [0.1, 0.15) is 23.1 Å². The van der Waals surface area contributed by atoms with Gasteiger partial charge in [-0.05, 0) is 28.5 Å². The number of hydrogen-bond acceptors (Lipinski definition) is 5. The van der Waals surface area contributed by atoms with Gasteiger partial charge in [0.05, 0.1) is 19.8 Å². The molecule has 1 aromatic heterocycles. The highest BCUT2D eigenvalue weighted by molar-refractivity contribution is 5.40. The second kappa shape index (κ2) is 4.38. The molecule has 0 amide bonds. The average molecular weight is 246 g/mol. The Balaban J connectivity index is 1.78. The van der Waals surface area contributed by atoms with Crippen molar-refractivity contribution in [1.82, 2.24) is 20.2 Å². The number of nitrogens with zero attached hydrogens (tertiary/aromatic N) is 4. The molecule has 1 aliphatic heterocycles. The van der Waals surface area contributed by atoms with Crippen molar-refractivity contribution in [3.63, 3.8) is 0 Å². The molecule has 6 nitrogen and oxygen atoms in total. The largest absolute Gasteiger partial charge is 0.493 e. The topological polar surface area (TPSA) is 73.1 Å². The Bertz CT molecular complexity index is 567. The Kier molecular flexibility index (Phi) is 2.71. The van der Waals surface area contributed by atoms with E-state index in [4.69, 9.17) is 4.74 Å². The average Bonchev–Trinajstić information content (AvgIpc) is 2.96. The van der Waals surface area contributed by atoms with Crippen LogP contribution in [0.4, 0.5) is 0 Å². The van der Waals surface area contributed by atoms with Crippen molar-refractivity contribution in [2.75, 3.05) is 6.61 Å². The summed E-state index contributed by atoms with van der Waals surface area (Å²) < 4.78 is 5.44. The highest BCUT2D eigenvalue weighted by Crippen LogP contribution is 2.28. The summed E-state index contributed by atoms with van der Waals surface area (Å²) >= 11 is 0. The molecule has 2 aromatic rings. The molecule has 0 aliphatic carbocycles. The zero-order valence-corrected chi connectivity index (χ0v) is 10.1. The highest BCUT2D eigenvalue weighted by Gasteiger charge is 2.17. The van der Waals surface area contributed by atoms with Gasteiger partial charge in [0.2, 0.25) is 0 Å². The van der Waals surface area contributed by atoms with Crippen molar-refractivity contribution in [1.29, 1.82) is 0 Å². The van der Waals surface area contributed by atoms with Crippen molar-refractivity contribution in [2.45, 2.75) is 18.9 Å².